The molecule has 0 saturated carbocycles. The minimum absolute atomic E-state index is 0.300. The molecule has 1 aliphatic heterocycles. The smallest absolute Gasteiger partial charge is 0.231 e. The van der Waals surface area contributed by atoms with Crippen molar-refractivity contribution in [3.63, 3.8) is 0 Å². The zero-order valence-electron chi connectivity index (χ0n) is 11.7. The number of H-pyrrole nitrogens is 1. The van der Waals surface area contributed by atoms with Crippen molar-refractivity contribution in [1.82, 2.24) is 10.2 Å². The highest BCUT2D eigenvalue weighted by Gasteiger charge is 2.28. The molecule has 108 valence electrons. The van der Waals surface area contributed by atoms with Crippen molar-refractivity contribution >= 4 is 11.5 Å². The molecule has 0 unspecified atom stereocenters. The Labute approximate surface area is 126 Å². The topological polar surface area (TPSA) is 59.2 Å². The molecule has 0 fully saturated rings. The van der Waals surface area contributed by atoms with E-state index >= 15 is 0 Å². The Balaban J connectivity index is 1.55. The number of benzene rings is 2. The number of ether oxygens (including phenoxy) is 2. The van der Waals surface area contributed by atoms with Crippen molar-refractivity contribution in [3.8, 4) is 22.8 Å². The summed E-state index contributed by atoms with van der Waals surface area (Å²) in [4.78, 5) is 0. The van der Waals surface area contributed by atoms with Crippen LogP contribution in [0, 0.1) is 0 Å². The highest BCUT2D eigenvalue weighted by Crippen LogP contribution is 2.45. The molecule has 5 nitrogen and oxygen atoms in total. The van der Waals surface area contributed by atoms with Gasteiger partial charge >= 0.3 is 0 Å². The fourth-order valence-electron chi connectivity index (χ4n) is 3.08. The van der Waals surface area contributed by atoms with Gasteiger partial charge in [-0.1, -0.05) is 18.2 Å². The second-order valence-corrected chi connectivity index (χ2v) is 5.46. The fourth-order valence-corrected chi connectivity index (χ4v) is 3.08. The summed E-state index contributed by atoms with van der Waals surface area (Å²) in [6.07, 6.45) is 0.840. The van der Waals surface area contributed by atoms with Crippen LogP contribution in [0.15, 0.2) is 42.5 Å². The molecule has 0 bridgehead atoms. The molecule has 0 atom stereocenters. The first-order chi connectivity index (χ1) is 10.9. The number of hydrogen-bond acceptors (Lipinski definition) is 4. The number of anilines is 2. The van der Waals surface area contributed by atoms with E-state index in [1.54, 1.807) is 0 Å². The summed E-state index contributed by atoms with van der Waals surface area (Å²) < 4.78 is 10.9. The van der Waals surface area contributed by atoms with E-state index in [0.717, 1.165) is 40.7 Å². The maximum absolute atomic E-state index is 5.47. The van der Waals surface area contributed by atoms with Gasteiger partial charge in [0.2, 0.25) is 6.79 Å². The van der Waals surface area contributed by atoms with Gasteiger partial charge in [-0.25, -0.2) is 0 Å². The molecule has 0 saturated heterocycles. The predicted molar refractivity (Wildman–Crippen MR) is 82.7 cm³/mol. The minimum atomic E-state index is 0.300. The van der Waals surface area contributed by atoms with Gasteiger partial charge in [-0.15, -0.1) is 0 Å². The highest BCUT2D eigenvalue weighted by atomic mass is 16.7. The second-order valence-electron chi connectivity index (χ2n) is 5.46. The van der Waals surface area contributed by atoms with E-state index in [0.29, 0.717) is 6.79 Å². The Hall–Kier alpha value is -2.95. The van der Waals surface area contributed by atoms with Crippen LogP contribution in [-0.2, 0) is 6.42 Å². The number of aromatic nitrogens is 2. The van der Waals surface area contributed by atoms with Crippen molar-refractivity contribution in [2.45, 2.75) is 6.42 Å². The number of nitrogens with one attached hydrogen (secondary N) is 2. The van der Waals surface area contributed by atoms with Gasteiger partial charge in [0.1, 0.15) is 0 Å². The summed E-state index contributed by atoms with van der Waals surface area (Å²) in [6, 6.07) is 14.2. The van der Waals surface area contributed by atoms with E-state index in [2.05, 4.69) is 21.6 Å². The van der Waals surface area contributed by atoms with Gasteiger partial charge in [-0.3, -0.25) is 5.10 Å². The van der Waals surface area contributed by atoms with E-state index in [-0.39, 0.29) is 0 Å². The largest absolute Gasteiger partial charge is 0.454 e. The van der Waals surface area contributed by atoms with E-state index in [9.17, 15) is 0 Å². The van der Waals surface area contributed by atoms with Crippen LogP contribution in [0.25, 0.3) is 11.3 Å². The maximum Gasteiger partial charge on any atom is 0.231 e. The lowest BCUT2D eigenvalue weighted by Crippen LogP contribution is -1.94. The first-order valence-corrected chi connectivity index (χ1v) is 7.21. The summed E-state index contributed by atoms with van der Waals surface area (Å²) in [5.41, 5.74) is 5.66. The Morgan fingerprint density at radius 3 is 2.73 bits per heavy atom. The second kappa shape index (κ2) is 4.27. The molecule has 2 aromatic carbocycles. The standard InChI is InChI=1S/C17H13N3O2/c1-2-4-11(5-3-1)18-17-13-6-10-7-14-15(22-9-21-14)8-12(10)16(13)19-20-17/h1-5,7-8H,6,9H2,(H2,18,19,20). The number of aromatic amines is 1. The van der Waals surface area contributed by atoms with Crippen LogP contribution in [-0.4, -0.2) is 17.0 Å². The van der Waals surface area contributed by atoms with Gasteiger partial charge in [0, 0.05) is 23.2 Å². The number of para-hydroxylation sites is 1. The van der Waals surface area contributed by atoms with Gasteiger partial charge in [-0.2, -0.15) is 5.10 Å². The molecular formula is C17H13N3O2. The van der Waals surface area contributed by atoms with Crippen LogP contribution in [0.3, 0.4) is 0 Å². The number of nitrogens with zero attached hydrogens (tertiary/aromatic N) is 1. The molecule has 1 aromatic heterocycles. The molecule has 2 heterocycles. The first kappa shape index (κ1) is 11.7. The summed E-state index contributed by atoms with van der Waals surface area (Å²) in [6.45, 7) is 0.300. The highest BCUT2D eigenvalue weighted by molar-refractivity contribution is 5.81. The summed E-state index contributed by atoms with van der Waals surface area (Å²) in [5, 5.41) is 10.9. The van der Waals surface area contributed by atoms with E-state index in [1.165, 1.54) is 11.1 Å². The van der Waals surface area contributed by atoms with Gasteiger partial charge in [0.05, 0.1) is 5.69 Å². The third-order valence-corrected chi connectivity index (χ3v) is 4.14. The lowest BCUT2D eigenvalue weighted by molar-refractivity contribution is 0.174. The van der Waals surface area contributed by atoms with E-state index < -0.39 is 0 Å². The third kappa shape index (κ3) is 1.62. The van der Waals surface area contributed by atoms with Crippen molar-refractivity contribution in [3.05, 3.63) is 53.6 Å². The Bertz CT molecular complexity index is 871. The van der Waals surface area contributed by atoms with Crippen LogP contribution in [0.4, 0.5) is 11.5 Å². The average Bonchev–Trinajstić information content (AvgIpc) is 3.22. The van der Waals surface area contributed by atoms with Crippen LogP contribution in [0.1, 0.15) is 11.1 Å². The molecule has 0 amide bonds. The number of hydrogen-bond donors (Lipinski definition) is 2. The molecule has 2 aliphatic rings. The molecular weight excluding hydrogens is 278 g/mol. The molecule has 5 heteroatoms. The van der Waals surface area contributed by atoms with Crippen molar-refractivity contribution in [1.29, 1.82) is 0 Å². The molecule has 1 aliphatic carbocycles. The summed E-state index contributed by atoms with van der Waals surface area (Å²) in [5.74, 6) is 2.51. The minimum Gasteiger partial charge on any atom is -0.454 e. The van der Waals surface area contributed by atoms with Gasteiger partial charge in [0.15, 0.2) is 17.3 Å². The Morgan fingerprint density at radius 2 is 1.86 bits per heavy atom. The van der Waals surface area contributed by atoms with Gasteiger partial charge < -0.3 is 14.8 Å². The molecule has 22 heavy (non-hydrogen) atoms. The van der Waals surface area contributed by atoms with E-state index in [1.807, 2.05) is 36.4 Å². The Kier molecular flexibility index (Phi) is 2.27. The molecule has 2 N–H and O–H groups in total. The maximum atomic E-state index is 5.47. The van der Waals surface area contributed by atoms with Crippen LogP contribution in [0.2, 0.25) is 0 Å². The average molecular weight is 291 g/mol. The lowest BCUT2D eigenvalue weighted by atomic mass is 10.1. The van der Waals surface area contributed by atoms with Crippen molar-refractivity contribution in [2.75, 3.05) is 12.1 Å². The predicted octanol–water partition coefficient (Wildman–Crippen LogP) is 3.45. The molecule has 3 aromatic rings. The molecule has 0 radical (unpaired) electrons. The third-order valence-electron chi connectivity index (χ3n) is 4.14. The number of rotatable bonds is 2. The zero-order chi connectivity index (χ0) is 14.5. The molecule has 5 rings (SSSR count). The van der Waals surface area contributed by atoms with Crippen LogP contribution >= 0.6 is 0 Å². The quantitative estimate of drug-likeness (QED) is 0.594. The van der Waals surface area contributed by atoms with Gasteiger partial charge in [-0.05, 0) is 29.8 Å². The van der Waals surface area contributed by atoms with E-state index in [4.69, 9.17) is 9.47 Å². The summed E-state index contributed by atoms with van der Waals surface area (Å²) >= 11 is 0. The SMILES string of the molecule is c1ccc(Nc2n[nH]c3c2Cc2cc4c(cc2-3)OCO4)cc1. The van der Waals surface area contributed by atoms with Crippen LogP contribution in [0.5, 0.6) is 11.5 Å². The fraction of sp³-hybridized carbons (Fsp3) is 0.118. The number of fused-ring (bicyclic) bond motifs is 4. The zero-order valence-corrected chi connectivity index (χ0v) is 11.7. The normalized spacial score (nSPS) is 13.8. The van der Waals surface area contributed by atoms with Crippen LogP contribution < -0.4 is 14.8 Å². The Morgan fingerprint density at radius 1 is 1.05 bits per heavy atom. The lowest BCUT2D eigenvalue weighted by Gasteiger charge is -2.04. The van der Waals surface area contributed by atoms with Crippen molar-refractivity contribution < 1.29 is 9.47 Å². The monoisotopic (exact) mass is 291 g/mol. The van der Waals surface area contributed by atoms with Gasteiger partial charge in [0.25, 0.3) is 0 Å². The summed E-state index contributed by atoms with van der Waals surface area (Å²) in [7, 11) is 0. The first-order valence-electron chi connectivity index (χ1n) is 7.21. The molecule has 0 spiro atoms. The van der Waals surface area contributed by atoms with Crippen molar-refractivity contribution in [2.24, 2.45) is 0 Å².